The average Bonchev–Trinajstić information content (AvgIpc) is 2.69. The van der Waals surface area contributed by atoms with Gasteiger partial charge in [0.2, 0.25) is 5.95 Å². The average molecular weight is 215 g/mol. The minimum atomic E-state index is -0.146. The molecule has 0 saturated carbocycles. The van der Waals surface area contributed by atoms with Crippen LogP contribution in [0.15, 0.2) is 23.3 Å². The quantitative estimate of drug-likeness (QED) is 0.561. The molecule has 0 radical (unpaired) electrons. The Hall–Kier alpha value is -2.37. The zero-order valence-corrected chi connectivity index (χ0v) is 8.53. The molecule has 0 fully saturated rings. The van der Waals surface area contributed by atoms with Gasteiger partial charge < -0.3 is 15.3 Å². The van der Waals surface area contributed by atoms with Crippen LogP contribution in [0.5, 0.6) is 0 Å². The maximum absolute atomic E-state index is 11.6. The molecule has 0 aliphatic rings. The zero-order valence-electron chi connectivity index (χ0n) is 8.53. The van der Waals surface area contributed by atoms with Gasteiger partial charge in [0, 0.05) is 7.05 Å². The fraction of sp³-hybridized carbons (Fsp3) is 0.100. The highest BCUT2D eigenvalue weighted by molar-refractivity contribution is 5.93. The first-order valence-corrected chi connectivity index (χ1v) is 4.83. The summed E-state index contributed by atoms with van der Waals surface area (Å²) in [6.07, 6.45) is 1.39. The van der Waals surface area contributed by atoms with Gasteiger partial charge in [0.05, 0.1) is 28.3 Å². The number of aromatic nitrogens is 4. The number of hydrogen-bond acceptors (Lipinski definition) is 4. The number of anilines is 1. The van der Waals surface area contributed by atoms with E-state index in [9.17, 15) is 4.79 Å². The Balaban J connectivity index is 2.46. The predicted octanol–water partition coefficient (Wildman–Crippen LogP) is 0.841. The van der Waals surface area contributed by atoms with E-state index in [0.29, 0.717) is 16.9 Å². The van der Waals surface area contributed by atoms with Crippen LogP contribution in [0.4, 0.5) is 5.95 Å². The first-order chi connectivity index (χ1) is 7.78. The number of hydrogen-bond donors (Lipinski definition) is 3. The summed E-state index contributed by atoms with van der Waals surface area (Å²) < 4.78 is 0. The van der Waals surface area contributed by atoms with Crippen molar-refractivity contribution in [3.8, 4) is 0 Å². The molecule has 0 aliphatic carbocycles. The fourth-order valence-electron chi connectivity index (χ4n) is 1.69. The van der Waals surface area contributed by atoms with Gasteiger partial charge >= 0.3 is 0 Å². The van der Waals surface area contributed by atoms with Crippen molar-refractivity contribution in [1.29, 1.82) is 0 Å². The maximum Gasteiger partial charge on any atom is 0.258 e. The lowest BCUT2D eigenvalue weighted by Gasteiger charge is -1.94. The van der Waals surface area contributed by atoms with E-state index in [-0.39, 0.29) is 5.56 Å². The summed E-state index contributed by atoms with van der Waals surface area (Å²) in [5.74, 6) is 0.668. The molecule has 0 aliphatic heterocycles. The van der Waals surface area contributed by atoms with E-state index in [1.807, 2.05) is 0 Å². The lowest BCUT2D eigenvalue weighted by atomic mass is 10.2. The fourth-order valence-corrected chi connectivity index (χ4v) is 1.69. The molecule has 0 spiro atoms. The van der Waals surface area contributed by atoms with Crippen LogP contribution in [-0.2, 0) is 0 Å². The third-order valence-corrected chi connectivity index (χ3v) is 2.48. The highest BCUT2D eigenvalue weighted by atomic mass is 16.1. The first-order valence-electron chi connectivity index (χ1n) is 4.83. The predicted molar refractivity (Wildman–Crippen MR) is 61.6 cm³/mol. The van der Waals surface area contributed by atoms with Crippen molar-refractivity contribution in [1.82, 2.24) is 19.9 Å². The zero-order chi connectivity index (χ0) is 11.1. The van der Waals surface area contributed by atoms with E-state index in [1.54, 1.807) is 19.2 Å². The molecule has 0 bridgehead atoms. The van der Waals surface area contributed by atoms with E-state index in [1.165, 1.54) is 6.33 Å². The molecular formula is C10H9N5O. The molecule has 6 heteroatoms. The Morgan fingerprint density at radius 1 is 1.31 bits per heavy atom. The smallest absolute Gasteiger partial charge is 0.258 e. The van der Waals surface area contributed by atoms with Gasteiger partial charge in [-0.15, -0.1) is 0 Å². The van der Waals surface area contributed by atoms with Crippen LogP contribution in [0.2, 0.25) is 0 Å². The van der Waals surface area contributed by atoms with Crippen molar-refractivity contribution in [3.05, 3.63) is 28.8 Å². The van der Waals surface area contributed by atoms with Crippen LogP contribution in [-0.4, -0.2) is 27.0 Å². The standard InChI is InChI=1S/C10H9N5O/c1-11-10-14-7-2-5-6(3-8(7)15-10)12-4-13-9(5)16/h2-4H,1H3,(H2,11,14,15)(H,12,13,16). The van der Waals surface area contributed by atoms with Gasteiger partial charge in [-0.3, -0.25) is 4.79 Å². The molecule has 6 nitrogen and oxygen atoms in total. The summed E-state index contributed by atoms with van der Waals surface area (Å²) >= 11 is 0. The van der Waals surface area contributed by atoms with E-state index in [2.05, 4.69) is 25.3 Å². The van der Waals surface area contributed by atoms with Gasteiger partial charge in [-0.25, -0.2) is 9.97 Å². The summed E-state index contributed by atoms with van der Waals surface area (Å²) in [5, 5.41) is 3.47. The van der Waals surface area contributed by atoms with Gasteiger partial charge in [0.15, 0.2) is 0 Å². The largest absolute Gasteiger partial charge is 0.359 e. The second kappa shape index (κ2) is 3.06. The van der Waals surface area contributed by atoms with Crippen molar-refractivity contribution in [2.45, 2.75) is 0 Å². The molecule has 0 unspecified atom stereocenters. The second-order valence-electron chi connectivity index (χ2n) is 3.45. The molecule has 0 atom stereocenters. The lowest BCUT2D eigenvalue weighted by Crippen LogP contribution is -2.05. The molecular weight excluding hydrogens is 206 g/mol. The third-order valence-electron chi connectivity index (χ3n) is 2.48. The summed E-state index contributed by atoms with van der Waals surface area (Å²) in [6, 6.07) is 3.54. The molecule has 16 heavy (non-hydrogen) atoms. The molecule has 0 saturated heterocycles. The van der Waals surface area contributed by atoms with Crippen molar-refractivity contribution >= 4 is 27.9 Å². The summed E-state index contributed by atoms with van der Waals surface area (Å²) in [7, 11) is 1.78. The van der Waals surface area contributed by atoms with E-state index < -0.39 is 0 Å². The highest BCUT2D eigenvalue weighted by Crippen LogP contribution is 2.18. The minimum absolute atomic E-state index is 0.146. The van der Waals surface area contributed by atoms with Crippen LogP contribution in [0.1, 0.15) is 0 Å². The number of aromatic amines is 2. The Bertz CT molecular complexity index is 727. The van der Waals surface area contributed by atoms with Gasteiger partial charge in [-0.1, -0.05) is 0 Å². The number of imidazole rings is 1. The van der Waals surface area contributed by atoms with Gasteiger partial charge in [0.1, 0.15) is 0 Å². The summed E-state index contributed by atoms with van der Waals surface area (Å²) in [6.45, 7) is 0. The molecule has 1 aromatic carbocycles. The Labute approximate surface area is 89.7 Å². The van der Waals surface area contributed by atoms with Crippen LogP contribution in [0, 0.1) is 0 Å². The van der Waals surface area contributed by atoms with Crippen molar-refractivity contribution in [2.75, 3.05) is 12.4 Å². The van der Waals surface area contributed by atoms with Crippen LogP contribution < -0.4 is 10.9 Å². The molecule has 3 aromatic rings. The summed E-state index contributed by atoms with van der Waals surface area (Å²) in [4.78, 5) is 25.5. The van der Waals surface area contributed by atoms with E-state index in [4.69, 9.17) is 0 Å². The first kappa shape index (κ1) is 8.90. The van der Waals surface area contributed by atoms with Gasteiger partial charge in [-0.2, -0.15) is 0 Å². The molecule has 0 amide bonds. The minimum Gasteiger partial charge on any atom is -0.359 e. The third kappa shape index (κ3) is 1.16. The van der Waals surface area contributed by atoms with E-state index in [0.717, 1.165) is 11.0 Å². The normalized spacial score (nSPS) is 11.1. The topological polar surface area (TPSA) is 86.5 Å². The molecule has 3 rings (SSSR count). The monoisotopic (exact) mass is 215 g/mol. The Kier molecular flexibility index (Phi) is 1.70. The number of benzene rings is 1. The summed E-state index contributed by atoms with van der Waals surface area (Å²) in [5.41, 5.74) is 2.10. The Morgan fingerprint density at radius 3 is 3.00 bits per heavy atom. The molecule has 2 aromatic heterocycles. The van der Waals surface area contributed by atoms with Crippen molar-refractivity contribution in [3.63, 3.8) is 0 Å². The SMILES string of the molecule is CNc1nc2cc3nc[nH]c(=O)c3cc2[nH]1. The number of nitrogens with one attached hydrogen (secondary N) is 3. The molecule has 80 valence electrons. The molecule has 3 N–H and O–H groups in total. The molecule has 2 heterocycles. The highest BCUT2D eigenvalue weighted by Gasteiger charge is 2.05. The van der Waals surface area contributed by atoms with Crippen LogP contribution in [0.3, 0.4) is 0 Å². The number of rotatable bonds is 1. The van der Waals surface area contributed by atoms with Crippen molar-refractivity contribution in [2.24, 2.45) is 0 Å². The maximum atomic E-state index is 11.6. The number of H-pyrrole nitrogens is 2. The van der Waals surface area contributed by atoms with Crippen LogP contribution in [0.25, 0.3) is 21.9 Å². The number of fused-ring (bicyclic) bond motifs is 2. The van der Waals surface area contributed by atoms with E-state index >= 15 is 0 Å². The Morgan fingerprint density at radius 2 is 2.19 bits per heavy atom. The number of nitrogens with zero attached hydrogens (tertiary/aromatic N) is 2. The van der Waals surface area contributed by atoms with Gasteiger partial charge in [-0.05, 0) is 12.1 Å². The van der Waals surface area contributed by atoms with Gasteiger partial charge in [0.25, 0.3) is 5.56 Å². The lowest BCUT2D eigenvalue weighted by molar-refractivity contribution is 1.17. The van der Waals surface area contributed by atoms with Crippen molar-refractivity contribution < 1.29 is 0 Å². The second-order valence-corrected chi connectivity index (χ2v) is 3.45. The van der Waals surface area contributed by atoms with Crippen LogP contribution >= 0.6 is 0 Å².